The number of rotatable bonds is 6. The third-order valence-corrected chi connectivity index (χ3v) is 4.56. The summed E-state index contributed by atoms with van der Waals surface area (Å²) in [7, 11) is 3.33. The zero-order chi connectivity index (χ0) is 18.8. The monoisotopic (exact) mass is 376 g/mol. The minimum atomic E-state index is -0.360. The van der Waals surface area contributed by atoms with Crippen LogP contribution in [0.1, 0.15) is 24.7 Å². The lowest BCUT2D eigenvalue weighted by atomic mass is 10.2. The van der Waals surface area contributed by atoms with Gasteiger partial charge in [-0.25, -0.2) is 9.78 Å². The van der Waals surface area contributed by atoms with Gasteiger partial charge in [-0.1, -0.05) is 30.7 Å². The summed E-state index contributed by atoms with van der Waals surface area (Å²) in [6.07, 6.45) is 0.754. The molecule has 0 N–H and O–H groups in total. The summed E-state index contributed by atoms with van der Waals surface area (Å²) < 4.78 is 9.66. The molecule has 0 aliphatic heterocycles. The maximum absolute atomic E-state index is 13.0. The summed E-state index contributed by atoms with van der Waals surface area (Å²) in [6, 6.07) is 7.10. The van der Waals surface area contributed by atoms with Gasteiger partial charge in [-0.3, -0.25) is 13.9 Å². The van der Waals surface area contributed by atoms with Gasteiger partial charge >= 0.3 is 5.69 Å². The first-order chi connectivity index (χ1) is 12.5. The smallest absolute Gasteiger partial charge is 0.333 e. The minimum absolute atomic E-state index is 0.180. The molecule has 0 radical (unpaired) electrons. The van der Waals surface area contributed by atoms with E-state index in [0.717, 1.165) is 12.0 Å². The predicted molar refractivity (Wildman–Crippen MR) is 101 cm³/mol. The Labute approximate surface area is 155 Å². The number of benzene rings is 1. The molecule has 26 heavy (non-hydrogen) atoms. The topological polar surface area (TPSA) is 71.1 Å². The number of hydrogen-bond donors (Lipinski definition) is 0. The van der Waals surface area contributed by atoms with E-state index in [0.29, 0.717) is 28.6 Å². The van der Waals surface area contributed by atoms with Crippen LogP contribution in [0, 0.1) is 0 Å². The summed E-state index contributed by atoms with van der Waals surface area (Å²) >= 11 is 5.92. The van der Waals surface area contributed by atoms with Crippen LogP contribution in [-0.4, -0.2) is 25.8 Å². The molecule has 0 amide bonds. The average Bonchev–Trinajstić information content (AvgIpc) is 2.94. The van der Waals surface area contributed by atoms with Crippen LogP contribution in [0.3, 0.4) is 0 Å². The van der Waals surface area contributed by atoms with E-state index >= 15 is 0 Å². The fourth-order valence-corrected chi connectivity index (χ4v) is 3.13. The molecule has 2 aromatic heterocycles. The van der Waals surface area contributed by atoms with Crippen LogP contribution in [0.15, 0.2) is 33.9 Å². The first-order valence-electron chi connectivity index (χ1n) is 8.40. The van der Waals surface area contributed by atoms with Crippen molar-refractivity contribution < 1.29 is 4.74 Å². The molecular formula is C18H21ClN4O3. The summed E-state index contributed by atoms with van der Waals surface area (Å²) in [5.74, 6) is 0.605. The van der Waals surface area contributed by atoms with E-state index < -0.39 is 0 Å². The number of fused-ring (bicyclic) bond motifs is 1. The highest BCUT2D eigenvalue weighted by Gasteiger charge is 2.19. The summed E-state index contributed by atoms with van der Waals surface area (Å²) in [5.41, 5.74) is 0.920. The highest BCUT2D eigenvalue weighted by atomic mass is 35.5. The fraction of sp³-hybridized carbons (Fsp3) is 0.389. The molecule has 3 aromatic rings. The maximum atomic E-state index is 13.0. The Morgan fingerprint density at radius 2 is 1.85 bits per heavy atom. The van der Waals surface area contributed by atoms with Gasteiger partial charge < -0.3 is 9.30 Å². The van der Waals surface area contributed by atoms with Crippen molar-refractivity contribution in [3.63, 3.8) is 0 Å². The van der Waals surface area contributed by atoms with E-state index in [1.165, 1.54) is 4.57 Å². The normalized spacial score (nSPS) is 11.4. The standard InChI is InChI=1S/C18H21ClN4O3/c1-4-9-22-16-15(21(2)14(20-16)11-26-3)17(24)23(18(22)25)10-12-5-7-13(19)8-6-12/h5-8H,4,9-11H2,1-3H3. The third kappa shape index (κ3) is 3.20. The van der Waals surface area contributed by atoms with E-state index in [-0.39, 0.29) is 24.4 Å². The van der Waals surface area contributed by atoms with Crippen molar-refractivity contribution in [1.29, 1.82) is 0 Å². The van der Waals surface area contributed by atoms with Gasteiger partial charge in [0.2, 0.25) is 0 Å². The SMILES string of the molecule is CCCn1c(=O)n(Cc2ccc(Cl)cc2)c(=O)c2c1nc(COC)n2C. The van der Waals surface area contributed by atoms with Gasteiger partial charge in [0, 0.05) is 25.7 Å². The van der Waals surface area contributed by atoms with Crippen LogP contribution >= 0.6 is 11.6 Å². The number of aryl methyl sites for hydroxylation is 2. The minimum Gasteiger partial charge on any atom is -0.377 e. The Balaban J connectivity index is 2.25. The second-order valence-corrected chi connectivity index (χ2v) is 6.58. The molecule has 0 saturated carbocycles. The lowest BCUT2D eigenvalue weighted by Gasteiger charge is -2.11. The molecular weight excluding hydrogens is 356 g/mol. The molecule has 0 saturated heterocycles. The van der Waals surface area contributed by atoms with Gasteiger partial charge in [0.25, 0.3) is 5.56 Å². The van der Waals surface area contributed by atoms with E-state index in [1.54, 1.807) is 35.4 Å². The molecule has 3 rings (SSSR count). The Hall–Kier alpha value is -2.38. The van der Waals surface area contributed by atoms with Crippen LogP contribution in [0.25, 0.3) is 11.2 Å². The van der Waals surface area contributed by atoms with Crippen LogP contribution in [0.4, 0.5) is 0 Å². The lowest BCUT2D eigenvalue weighted by molar-refractivity contribution is 0.175. The molecule has 138 valence electrons. The molecule has 2 heterocycles. The van der Waals surface area contributed by atoms with Gasteiger partial charge in [-0.15, -0.1) is 0 Å². The number of methoxy groups -OCH3 is 1. The summed E-state index contributed by atoms with van der Waals surface area (Å²) in [4.78, 5) is 30.5. The van der Waals surface area contributed by atoms with Crippen molar-refractivity contribution in [3.8, 4) is 0 Å². The Kier molecular flexibility index (Phi) is 5.29. The molecule has 0 fully saturated rings. The number of halogens is 1. The zero-order valence-electron chi connectivity index (χ0n) is 15.0. The van der Waals surface area contributed by atoms with Crippen molar-refractivity contribution in [2.45, 2.75) is 33.0 Å². The predicted octanol–water partition coefficient (Wildman–Crippen LogP) is 2.15. The second kappa shape index (κ2) is 7.47. The Morgan fingerprint density at radius 3 is 2.46 bits per heavy atom. The molecule has 0 aliphatic carbocycles. The number of aromatic nitrogens is 4. The fourth-order valence-electron chi connectivity index (χ4n) is 3.00. The van der Waals surface area contributed by atoms with Crippen molar-refractivity contribution in [3.05, 3.63) is 61.5 Å². The molecule has 0 unspecified atom stereocenters. The Bertz CT molecular complexity index is 1050. The van der Waals surface area contributed by atoms with Crippen molar-refractivity contribution >= 4 is 22.8 Å². The first kappa shape index (κ1) is 18.4. The number of nitrogens with zero attached hydrogens (tertiary/aromatic N) is 4. The van der Waals surface area contributed by atoms with Crippen LogP contribution < -0.4 is 11.2 Å². The van der Waals surface area contributed by atoms with Crippen molar-refractivity contribution in [1.82, 2.24) is 18.7 Å². The number of hydrogen-bond acceptors (Lipinski definition) is 4. The maximum Gasteiger partial charge on any atom is 0.333 e. The van der Waals surface area contributed by atoms with Crippen LogP contribution in [0.2, 0.25) is 5.02 Å². The van der Waals surface area contributed by atoms with Gasteiger partial charge in [0.15, 0.2) is 11.2 Å². The molecule has 0 atom stereocenters. The van der Waals surface area contributed by atoms with Crippen LogP contribution in [0.5, 0.6) is 0 Å². The molecule has 0 bridgehead atoms. The quantitative estimate of drug-likeness (QED) is 0.661. The van der Waals surface area contributed by atoms with Crippen LogP contribution in [-0.2, 0) is 31.5 Å². The average molecular weight is 377 g/mol. The van der Waals surface area contributed by atoms with E-state index in [4.69, 9.17) is 16.3 Å². The van der Waals surface area contributed by atoms with E-state index in [1.807, 2.05) is 19.1 Å². The zero-order valence-corrected chi connectivity index (χ0v) is 15.8. The van der Waals surface area contributed by atoms with Gasteiger partial charge in [-0.2, -0.15) is 0 Å². The van der Waals surface area contributed by atoms with E-state index in [2.05, 4.69) is 4.98 Å². The van der Waals surface area contributed by atoms with E-state index in [9.17, 15) is 9.59 Å². The highest BCUT2D eigenvalue weighted by Crippen LogP contribution is 2.13. The Morgan fingerprint density at radius 1 is 1.15 bits per heavy atom. The first-order valence-corrected chi connectivity index (χ1v) is 8.78. The second-order valence-electron chi connectivity index (χ2n) is 6.14. The number of imidazole rings is 1. The van der Waals surface area contributed by atoms with Crippen molar-refractivity contribution in [2.24, 2.45) is 7.05 Å². The molecule has 8 heteroatoms. The van der Waals surface area contributed by atoms with Gasteiger partial charge in [-0.05, 0) is 24.1 Å². The summed E-state index contributed by atoms with van der Waals surface area (Å²) in [5, 5.41) is 0.607. The third-order valence-electron chi connectivity index (χ3n) is 4.31. The highest BCUT2D eigenvalue weighted by molar-refractivity contribution is 6.30. The van der Waals surface area contributed by atoms with Gasteiger partial charge in [0.05, 0.1) is 6.54 Å². The van der Waals surface area contributed by atoms with Crippen molar-refractivity contribution in [2.75, 3.05) is 7.11 Å². The largest absolute Gasteiger partial charge is 0.377 e. The summed E-state index contributed by atoms with van der Waals surface area (Å²) in [6.45, 7) is 2.91. The lowest BCUT2D eigenvalue weighted by Crippen LogP contribution is -2.40. The molecule has 0 spiro atoms. The molecule has 1 aromatic carbocycles. The molecule has 7 nitrogen and oxygen atoms in total. The van der Waals surface area contributed by atoms with Gasteiger partial charge in [0.1, 0.15) is 12.4 Å². The number of ether oxygens (including phenoxy) is 1. The molecule has 0 aliphatic rings.